The summed E-state index contributed by atoms with van der Waals surface area (Å²) in [4.78, 5) is 9.57. The number of hydrogen-bond donors (Lipinski definition) is 1. The van der Waals surface area contributed by atoms with Crippen LogP contribution in [0.15, 0.2) is 29.3 Å². The molecule has 0 aromatic heterocycles. The van der Waals surface area contributed by atoms with E-state index in [1.807, 2.05) is 0 Å². The Kier molecular flexibility index (Phi) is 8.22. The van der Waals surface area contributed by atoms with Crippen LogP contribution in [-0.4, -0.2) is 68.7 Å². The summed E-state index contributed by atoms with van der Waals surface area (Å²) in [6.07, 6.45) is 0. The molecule has 1 atom stereocenters. The molecule has 1 heterocycles. The van der Waals surface area contributed by atoms with E-state index in [4.69, 9.17) is 9.73 Å². The molecule has 1 fully saturated rings. The zero-order valence-corrected chi connectivity index (χ0v) is 16.3. The summed E-state index contributed by atoms with van der Waals surface area (Å²) >= 11 is 0. The molecular weight excluding hydrogens is 312 g/mol. The van der Waals surface area contributed by atoms with Crippen molar-refractivity contribution < 1.29 is 4.74 Å². The maximum absolute atomic E-state index is 5.42. The van der Waals surface area contributed by atoms with Gasteiger partial charge in [0.15, 0.2) is 5.96 Å². The van der Waals surface area contributed by atoms with Gasteiger partial charge in [-0.3, -0.25) is 9.89 Å². The lowest BCUT2D eigenvalue weighted by atomic mass is 10.1. The molecule has 25 heavy (non-hydrogen) atoms. The molecule has 0 spiro atoms. The van der Waals surface area contributed by atoms with Gasteiger partial charge in [-0.15, -0.1) is 0 Å². The number of aryl methyl sites for hydroxylation is 1. The molecule has 0 amide bonds. The van der Waals surface area contributed by atoms with Gasteiger partial charge in [-0.05, 0) is 30.9 Å². The van der Waals surface area contributed by atoms with Gasteiger partial charge in [0.2, 0.25) is 0 Å². The Hall–Kier alpha value is -1.59. The zero-order valence-electron chi connectivity index (χ0n) is 16.3. The molecule has 1 saturated heterocycles. The summed E-state index contributed by atoms with van der Waals surface area (Å²) in [5, 5.41) is 3.42. The minimum absolute atomic E-state index is 0.540. The lowest BCUT2D eigenvalue weighted by Crippen LogP contribution is -2.41. The topological polar surface area (TPSA) is 40.1 Å². The molecule has 0 radical (unpaired) electrons. The molecule has 1 aromatic rings. The highest BCUT2D eigenvalue weighted by molar-refractivity contribution is 5.79. The van der Waals surface area contributed by atoms with E-state index in [0.29, 0.717) is 5.92 Å². The van der Waals surface area contributed by atoms with E-state index in [1.165, 1.54) is 11.1 Å². The average molecular weight is 347 g/mol. The van der Waals surface area contributed by atoms with Crippen LogP contribution < -0.4 is 5.32 Å². The number of ether oxygens (including phenoxy) is 1. The van der Waals surface area contributed by atoms with Crippen LogP contribution in [-0.2, 0) is 11.3 Å². The normalized spacial score (nSPS) is 17.4. The number of rotatable bonds is 7. The molecule has 0 saturated carbocycles. The van der Waals surface area contributed by atoms with Gasteiger partial charge < -0.3 is 15.0 Å². The van der Waals surface area contributed by atoms with Crippen LogP contribution in [0.1, 0.15) is 25.0 Å². The summed E-state index contributed by atoms with van der Waals surface area (Å²) in [5.41, 5.74) is 2.67. The third kappa shape index (κ3) is 6.67. The molecule has 1 N–H and O–H groups in total. The third-order valence-electron chi connectivity index (χ3n) is 4.59. The molecule has 0 aliphatic carbocycles. The summed E-state index contributed by atoms with van der Waals surface area (Å²) in [6, 6.07) is 8.55. The van der Waals surface area contributed by atoms with Crippen LogP contribution in [0, 0.1) is 12.8 Å². The fraction of sp³-hybridized carbons (Fsp3) is 0.650. The fourth-order valence-electron chi connectivity index (χ4n) is 3.11. The Morgan fingerprint density at radius 1 is 1.32 bits per heavy atom. The number of nitrogens with zero attached hydrogens (tertiary/aromatic N) is 3. The van der Waals surface area contributed by atoms with Crippen molar-refractivity contribution in [3.63, 3.8) is 0 Å². The highest BCUT2D eigenvalue weighted by Crippen LogP contribution is 2.10. The Bertz CT molecular complexity index is 540. The number of nitrogens with one attached hydrogen (secondary N) is 1. The predicted octanol–water partition coefficient (Wildman–Crippen LogP) is 2.36. The van der Waals surface area contributed by atoms with Crippen LogP contribution in [0.5, 0.6) is 0 Å². The minimum atomic E-state index is 0.540. The quantitative estimate of drug-likeness (QED) is 0.608. The van der Waals surface area contributed by atoms with E-state index in [1.54, 1.807) is 0 Å². The second kappa shape index (κ2) is 10.4. The van der Waals surface area contributed by atoms with E-state index >= 15 is 0 Å². The van der Waals surface area contributed by atoms with Crippen molar-refractivity contribution in [2.45, 2.75) is 27.3 Å². The second-order valence-corrected chi connectivity index (χ2v) is 7.00. The average Bonchev–Trinajstić information content (AvgIpc) is 2.61. The monoisotopic (exact) mass is 346 g/mol. The molecule has 5 heteroatoms. The lowest BCUT2D eigenvalue weighted by Gasteiger charge is -2.29. The summed E-state index contributed by atoms with van der Waals surface area (Å²) in [6.45, 7) is 14.1. The van der Waals surface area contributed by atoms with E-state index in [-0.39, 0.29) is 0 Å². The van der Waals surface area contributed by atoms with Crippen LogP contribution in [0.2, 0.25) is 0 Å². The largest absolute Gasteiger partial charge is 0.379 e. The van der Waals surface area contributed by atoms with E-state index < -0.39 is 0 Å². The lowest BCUT2D eigenvalue weighted by molar-refractivity contribution is 0.0323. The highest BCUT2D eigenvalue weighted by atomic mass is 16.5. The van der Waals surface area contributed by atoms with Gasteiger partial charge in [-0.1, -0.05) is 31.2 Å². The number of aliphatic imine (C=N–C) groups is 1. The first kappa shape index (κ1) is 19.7. The van der Waals surface area contributed by atoms with E-state index in [9.17, 15) is 0 Å². The second-order valence-electron chi connectivity index (χ2n) is 7.00. The van der Waals surface area contributed by atoms with Gasteiger partial charge >= 0.3 is 0 Å². The SMILES string of the molecule is CCNC(=NCC(C)CN1CCOCC1)N(C)Cc1ccccc1C. The smallest absolute Gasteiger partial charge is 0.193 e. The minimum Gasteiger partial charge on any atom is -0.379 e. The van der Waals surface area contributed by atoms with Crippen LogP contribution in [0.25, 0.3) is 0 Å². The van der Waals surface area contributed by atoms with Crippen molar-refractivity contribution in [1.82, 2.24) is 15.1 Å². The molecule has 5 nitrogen and oxygen atoms in total. The van der Waals surface area contributed by atoms with Crippen molar-refractivity contribution >= 4 is 5.96 Å². The van der Waals surface area contributed by atoms with Crippen molar-refractivity contribution in [3.8, 4) is 0 Å². The Morgan fingerprint density at radius 3 is 2.72 bits per heavy atom. The van der Waals surface area contributed by atoms with Crippen LogP contribution in [0.4, 0.5) is 0 Å². The van der Waals surface area contributed by atoms with Crippen LogP contribution >= 0.6 is 0 Å². The zero-order chi connectivity index (χ0) is 18.1. The summed E-state index contributed by atoms with van der Waals surface area (Å²) < 4.78 is 5.42. The van der Waals surface area contributed by atoms with Gasteiger partial charge in [-0.2, -0.15) is 0 Å². The molecule has 0 bridgehead atoms. The highest BCUT2D eigenvalue weighted by Gasteiger charge is 2.14. The van der Waals surface area contributed by atoms with Gasteiger partial charge in [0.05, 0.1) is 13.2 Å². The first-order valence-corrected chi connectivity index (χ1v) is 9.44. The Balaban J connectivity index is 1.90. The van der Waals surface area contributed by atoms with Crippen molar-refractivity contribution in [1.29, 1.82) is 0 Å². The van der Waals surface area contributed by atoms with E-state index in [0.717, 1.165) is 58.4 Å². The van der Waals surface area contributed by atoms with Crippen LogP contribution in [0.3, 0.4) is 0 Å². The molecule has 140 valence electrons. The number of hydrogen-bond acceptors (Lipinski definition) is 3. The molecule has 1 aliphatic rings. The standard InChI is InChI=1S/C20H34N4O/c1-5-21-20(23(4)16-19-9-7-6-8-18(19)3)22-14-17(2)15-24-10-12-25-13-11-24/h6-9,17H,5,10-16H2,1-4H3,(H,21,22). The molecule has 1 aromatic carbocycles. The van der Waals surface area contributed by atoms with Gasteiger partial charge in [0, 0.05) is 46.3 Å². The fourth-order valence-corrected chi connectivity index (χ4v) is 3.11. The molecule has 1 unspecified atom stereocenters. The maximum atomic E-state index is 5.42. The van der Waals surface area contributed by atoms with Gasteiger partial charge in [0.1, 0.15) is 0 Å². The summed E-state index contributed by atoms with van der Waals surface area (Å²) in [5.74, 6) is 1.53. The molecule has 2 rings (SSSR count). The van der Waals surface area contributed by atoms with Crippen molar-refractivity contribution in [2.75, 3.05) is 53.0 Å². The predicted molar refractivity (Wildman–Crippen MR) is 105 cm³/mol. The molecule has 1 aliphatic heterocycles. The van der Waals surface area contributed by atoms with Crippen molar-refractivity contribution in [2.24, 2.45) is 10.9 Å². The molecular formula is C20H34N4O. The van der Waals surface area contributed by atoms with Gasteiger partial charge in [0.25, 0.3) is 0 Å². The first-order valence-electron chi connectivity index (χ1n) is 9.44. The maximum Gasteiger partial charge on any atom is 0.193 e. The van der Waals surface area contributed by atoms with Crippen molar-refractivity contribution in [3.05, 3.63) is 35.4 Å². The van der Waals surface area contributed by atoms with E-state index in [2.05, 4.69) is 67.2 Å². The number of benzene rings is 1. The van der Waals surface area contributed by atoms with Gasteiger partial charge in [-0.25, -0.2) is 0 Å². The third-order valence-corrected chi connectivity index (χ3v) is 4.59. The number of morpholine rings is 1. The Labute approximate surface area is 153 Å². The Morgan fingerprint density at radius 2 is 2.04 bits per heavy atom. The first-order chi connectivity index (χ1) is 12.1. The summed E-state index contributed by atoms with van der Waals surface area (Å²) in [7, 11) is 2.11. The number of guanidine groups is 1.